The van der Waals surface area contributed by atoms with Gasteiger partial charge in [-0.1, -0.05) is 23.8 Å². The summed E-state index contributed by atoms with van der Waals surface area (Å²) in [5.41, 5.74) is 2.88. The second-order valence-electron chi connectivity index (χ2n) is 5.46. The Kier molecular flexibility index (Phi) is 3.34. The molecule has 0 unspecified atom stereocenters. The van der Waals surface area contributed by atoms with Crippen LogP contribution in [0.2, 0.25) is 0 Å². The third kappa shape index (κ3) is 2.68. The van der Waals surface area contributed by atoms with Crippen LogP contribution in [0.5, 0.6) is 0 Å². The first-order valence-corrected chi connectivity index (χ1v) is 6.87. The van der Waals surface area contributed by atoms with Gasteiger partial charge in [0.1, 0.15) is 0 Å². The molecule has 0 N–H and O–H groups in total. The summed E-state index contributed by atoms with van der Waals surface area (Å²) in [5.74, 6) is 0.781. The maximum Gasteiger partial charge on any atom is 0.269 e. The molecule has 3 saturated heterocycles. The van der Waals surface area contributed by atoms with E-state index in [4.69, 9.17) is 0 Å². The molecule has 0 saturated carbocycles. The second kappa shape index (κ2) is 5.13. The standard InChI is InChI=1S/C15H18N2O2/c18-17(19)15-5-2-12(3-6-15)1-4-14-11-16-9-7-13(14)8-10-16/h2-6,13H,1,7-11H2/b14-4+. The number of nitrogens with zero attached hydrogens (tertiary/aromatic N) is 2. The van der Waals surface area contributed by atoms with Crippen molar-refractivity contribution in [3.8, 4) is 0 Å². The lowest BCUT2D eigenvalue weighted by Gasteiger charge is -2.41. The molecular formula is C15H18N2O2. The fourth-order valence-electron chi connectivity index (χ4n) is 3.08. The number of hydrogen-bond acceptors (Lipinski definition) is 3. The van der Waals surface area contributed by atoms with E-state index in [9.17, 15) is 10.1 Å². The van der Waals surface area contributed by atoms with Gasteiger partial charge in [0, 0.05) is 18.7 Å². The summed E-state index contributed by atoms with van der Waals surface area (Å²) in [6.07, 6.45) is 5.81. The van der Waals surface area contributed by atoms with Crippen LogP contribution in [0.1, 0.15) is 18.4 Å². The van der Waals surface area contributed by atoms with Gasteiger partial charge in [-0.2, -0.15) is 0 Å². The summed E-state index contributed by atoms with van der Waals surface area (Å²) >= 11 is 0. The molecule has 3 heterocycles. The minimum absolute atomic E-state index is 0.166. The molecule has 3 aliphatic rings. The molecule has 100 valence electrons. The molecule has 0 amide bonds. The van der Waals surface area contributed by atoms with E-state index in [0.717, 1.165) is 24.4 Å². The van der Waals surface area contributed by atoms with E-state index in [-0.39, 0.29) is 10.6 Å². The summed E-state index contributed by atoms with van der Waals surface area (Å²) in [4.78, 5) is 12.8. The highest BCUT2D eigenvalue weighted by atomic mass is 16.6. The van der Waals surface area contributed by atoms with Crippen LogP contribution in [0.25, 0.3) is 0 Å². The summed E-state index contributed by atoms with van der Waals surface area (Å²) in [6.45, 7) is 3.62. The van der Waals surface area contributed by atoms with Crippen LogP contribution in [0, 0.1) is 16.0 Å². The third-order valence-electron chi connectivity index (χ3n) is 4.27. The van der Waals surface area contributed by atoms with E-state index in [0.29, 0.717) is 0 Å². The molecule has 3 aliphatic heterocycles. The molecule has 19 heavy (non-hydrogen) atoms. The summed E-state index contributed by atoms with van der Waals surface area (Å²) in [7, 11) is 0. The van der Waals surface area contributed by atoms with Crippen molar-refractivity contribution in [2.75, 3.05) is 19.6 Å². The molecule has 0 spiro atoms. The number of nitro groups is 1. The van der Waals surface area contributed by atoms with E-state index >= 15 is 0 Å². The van der Waals surface area contributed by atoms with Crippen LogP contribution < -0.4 is 0 Å². The van der Waals surface area contributed by atoms with Gasteiger partial charge in [-0.25, -0.2) is 0 Å². The predicted molar refractivity (Wildman–Crippen MR) is 74.0 cm³/mol. The lowest BCUT2D eigenvalue weighted by molar-refractivity contribution is -0.384. The van der Waals surface area contributed by atoms with Gasteiger partial charge in [0.05, 0.1) is 4.92 Å². The number of benzene rings is 1. The van der Waals surface area contributed by atoms with E-state index < -0.39 is 0 Å². The maximum atomic E-state index is 10.6. The average Bonchev–Trinajstić information content (AvgIpc) is 2.47. The van der Waals surface area contributed by atoms with Crippen molar-refractivity contribution in [3.63, 3.8) is 0 Å². The number of fused-ring (bicyclic) bond motifs is 3. The van der Waals surface area contributed by atoms with E-state index in [2.05, 4.69) is 11.0 Å². The van der Waals surface area contributed by atoms with Gasteiger partial charge in [0.25, 0.3) is 5.69 Å². The number of allylic oxidation sites excluding steroid dienone is 1. The minimum Gasteiger partial charge on any atom is -0.299 e. The molecular weight excluding hydrogens is 240 g/mol. The van der Waals surface area contributed by atoms with Crippen molar-refractivity contribution in [1.29, 1.82) is 0 Å². The quantitative estimate of drug-likeness (QED) is 0.476. The maximum absolute atomic E-state index is 10.6. The molecule has 0 aliphatic carbocycles. The summed E-state index contributed by atoms with van der Waals surface area (Å²) in [5, 5.41) is 10.6. The Balaban J connectivity index is 1.67. The predicted octanol–water partition coefficient (Wildman–Crippen LogP) is 2.79. The largest absolute Gasteiger partial charge is 0.299 e. The Bertz CT molecular complexity index is 499. The number of hydrogen-bond donors (Lipinski definition) is 0. The van der Waals surface area contributed by atoms with Crippen molar-refractivity contribution < 1.29 is 4.92 Å². The molecule has 0 radical (unpaired) electrons. The zero-order chi connectivity index (χ0) is 13.2. The van der Waals surface area contributed by atoms with Gasteiger partial charge in [0.2, 0.25) is 0 Å². The summed E-state index contributed by atoms with van der Waals surface area (Å²) < 4.78 is 0. The van der Waals surface area contributed by atoms with Crippen molar-refractivity contribution in [1.82, 2.24) is 4.90 Å². The molecule has 0 atom stereocenters. The molecule has 4 rings (SSSR count). The van der Waals surface area contributed by atoms with E-state index in [1.807, 2.05) is 12.1 Å². The van der Waals surface area contributed by atoms with Gasteiger partial charge in [0.15, 0.2) is 0 Å². The molecule has 4 nitrogen and oxygen atoms in total. The lowest BCUT2D eigenvalue weighted by atomic mass is 9.83. The topological polar surface area (TPSA) is 46.4 Å². The van der Waals surface area contributed by atoms with Gasteiger partial charge in [-0.15, -0.1) is 0 Å². The smallest absolute Gasteiger partial charge is 0.269 e. The molecule has 1 aromatic rings. The Morgan fingerprint density at radius 3 is 2.47 bits per heavy atom. The normalized spacial score (nSPS) is 27.7. The molecule has 4 heteroatoms. The highest BCUT2D eigenvalue weighted by Gasteiger charge is 2.28. The summed E-state index contributed by atoms with van der Waals surface area (Å²) in [6, 6.07) is 6.89. The first kappa shape index (κ1) is 12.4. The SMILES string of the molecule is O=[N+]([O-])c1ccc(C/C=C2\CN3CCC2CC3)cc1. The van der Waals surface area contributed by atoms with Crippen LogP contribution in [0.15, 0.2) is 35.9 Å². The minimum atomic E-state index is -0.352. The van der Waals surface area contributed by atoms with Gasteiger partial charge in [-0.3, -0.25) is 15.0 Å². The fraction of sp³-hybridized carbons (Fsp3) is 0.467. The first-order valence-electron chi connectivity index (χ1n) is 6.87. The highest BCUT2D eigenvalue weighted by Crippen LogP contribution is 2.31. The van der Waals surface area contributed by atoms with Crippen LogP contribution in [0.3, 0.4) is 0 Å². The van der Waals surface area contributed by atoms with Crippen molar-refractivity contribution in [2.24, 2.45) is 5.92 Å². The lowest BCUT2D eigenvalue weighted by Crippen LogP contribution is -2.43. The zero-order valence-corrected chi connectivity index (χ0v) is 10.9. The first-order chi connectivity index (χ1) is 9.22. The van der Waals surface area contributed by atoms with Gasteiger partial charge in [-0.05, 0) is 43.8 Å². The molecule has 2 bridgehead atoms. The number of rotatable bonds is 3. The van der Waals surface area contributed by atoms with E-state index in [1.165, 1.54) is 25.9 Å². The number of nitro benzene ring substituents is 1. The fourth-order valence-corrected chi connectivity index (χ4v) is 3.08. The van der Waals surface area contributed by atoms with Gasteiger partial charge < -0.3 is 0 Å². The van der Waals surface area contributed by atoms with Crippen LogP contribution in [-0.4, -0.2) is 29.5 Å². The number of piperidine rings is 3. The van der Waals surface area contributed by atoms with Crippen molar-refractivity contribution in [2.45, 2.75) is 19.3 Å². The van der Waals surface area contributed by atoms with Crippen LogP contribution >= 0.6 is 0 Å². The Morgan fingerprint density at radius 2 is 1.95 bits per heavy atom. The Morgan fingerprint density at radius 1 is 1.26 bits per heavy atom. The Labute approximate surface area is 112 Å². The van der Waals surface area contributed by atoms with Crippen molar-refractivity contribution >= 4 is 5.69 Å². The second-order valence-corrected chi connectivity index (χ2v) is 5.46. The zero-order valence-electron chi connectivity index (χ0n) is 10.9. The highest BCUT2D eigenvalue weighted by molar-refractivity contribution is 5.34. The Hall–Kier alpha value is -1.68. The average molecular weight is 258 g/mol. The molecule has 1 aromatic carbocycles. The third-order valence-corrected chi connectivity index (χ3v) is 4.27. The van der Waals surface area contributed by atoms with Gasteiger partial charge >= 0.3 is 0 Å². The number of non-ortho nitro benzene ring substituents is 1. The monoisotopic (exact) mass is 258 g/mol. The van der Waals surface area contributed by atoms with Crippen LogP contribution in [-0.2, 0) is 6.42 Å². The van der Waals surface area contributed by atoms with Crippen molar-refractivity contribution in [3.05, 3.63) is 51.6 Å². The molecule has 3 fully saturated rings. The van der Waals surface area contributed by atoms with E-state index in [1.54, 1.807) is 17.7 Å². The molecule has 0 aromatic heterocycles. The van der Waals surface area contributed by atoms with Crippen LogP contribution in [0.4, 0.5) is 5.69 Å².